The van der Waals surface area contributed by atoms with E-state index < -0.39 is 0 Å². The number of ether oxygens (including phenoxy) is 1. The van der Waals surface area contributed by atoms with Crippen molar-refractivity contribution in [3.8, 4) is 16.9 Å². The average Bonchev–Trinajstić information content (AvgIpc) is 2.45. The fourth-order valence-electron chi connectivity index (χ4n) is 1.83. The Bertz CT molecular complexity index is 556. The van der Waals surface area contributed by atoms with Gasteiger partial charge in [-0.15, -0.1) is 0 Å². The van der Waals surface area contributed by atoms with Crippen molar-refractivity contribution in [3.05, 3.63) is 42.6 Å². The van der Waals surface area contributed by atoms with Crippen LogP contribution < -0.4 is 10.1 Å². The molecular weight excluding hydrogens is 248 g/mol. The molecule has 3 heteroatoms. The fourth-order valence-corrected chi connectivity index (χ4v) is 1.83. The van der Waals surface area contributed by atoms with Crippen molar-refractivity contribution < 1.29 is 4.74 Å². The highest BCUT2D eigenvalue weighted by Crippen LogP contribution is 2.24. The normalized spacial score (nSPS) is 11.2. The van der Waals surface area contributed by atoms with Crippen molar-refractivity contribution in [1.82, 2.24) is 4.98 Å². The second-order valence-corrected chi connectivity index (χ2v) is 6.08. The molecule has 20 heavy (non-hydrogen) atoms. The monoisotopic (exact) mass is 270 g/mol. The van der Waals surface area contributed by atoms with Gasteiger partial charge >= 0.3 is 0 Å². The molecular formula is C17H22N2O. The maximum absolute atomic E-state index is 5.24. The summed E-state index contributed by atoms with van der Waals surface area (Å²) in [5.74, 6) is 1.77. The molecule has 0 saturated carbocycles. The van der Waals surface area contributed by atoms with Crippen molar-refractivity contribution in [1.29, 1.82) is 0 Å². The summed E-state index contributed by atoms with van der Waals surface area (Å²) >= 11 is 0. The van der Waals surface area contributed by atoms with E-state index in [-0.39, 0.29) is 5.41 Å². The highest BCUT2D eigenvalue weighted by molar-refractivity contribution is 5.65. The van der Waals surface area contributed by atoms with Crippen molar-refractivity contribution in [2.45, 2.75) is 20.8 Å². The van der Waals surface area contributed by atoms with Crippen LogP contribution in [0.25, 0.3) is 11.1 Å². The van der Waals surface area contributed by atoms with E-state index in [0.717, 1.165) is 29.2 Å². The highest BCUT2D eigenvalue weighted by Gasteiger charge is 2.09. The van der Waals surface area contributed by atoms with Gasteiger partial charge in [0.2, 0.25) is 0 Å². The van der Waals surface area contributed by atoms with Crippen LogP contribution in [0, 0.1) is 5.41 Å². The molecule has 2 aromatic rings. The van der Waals surface area contributed by atoms with Crippen LogP contribution in [-0.4, -0.2) is 18.6 Å². The van der Waals surface area contributed by atoms with Crippen LogP contribution >= 0.6 is 0 Å². The van der Waals surface area contributed by atoms with Gasteiger partial charge in [0.15, 0.2) is 0 Å². The Labute approximate surface area is 121 Å². The molecule has 3 nitrogen and oxygen atoms in total. The zero-order chi connectivity index (χ0) is 14.6. The van der Waals surface area contributed by atoms with Crippen molar-refractivity contribution >= 4 is 5.82 Å². The van der Waals surface area contributed by atoms with Gasteiger partial charge in [0.05, 0.1) is 7.11 Å². The lowest BCUT2D eigenvalue weighted by Gasteiger charge is -2.19. The molecule has 0 aliphatic carbocycles. The number of methoxy groups -OCH3 is 1. The van der Waals surface area contributed by atoms with Crippen LogP contribution in [0.4, 0.5) is 5.82 Å². The van der Waals surface area contributed by atoms with E-state index in [1.165, 1.54) is 0 Å². The number of pyridine rings is 1. The lowest BCUT2D eigenvalue weighted by Crippen LogP contribution is -2.19. The number of rotatable bonds is 4. The minimum Gasteiger partial charge on any atom is -0.497 e. The standard InChI is InChI=1S/C17H22N2O/c1-17(2,3)12-19-16-9-8-14(11-18-16)13-6-5-7-15(10-13)20-4/h5-11H,12H2,1-4H3,(H,18,19). The molecule has 1 N–H and O–H groups in total. The van der Waals surface area contributed by atoms with Crippen molar-refractivity contribution in [3.63, 3.8) is 0 Å². The maximum Gasteiger partial charge on any atom is 0.125 e. The van der Waals surface area contributed by atoms with Crippen LogP contribution in [0.15, 0.2) is 42.6 Å². The Balaban J connectivity index is 2.11. The van der Waals surface area contributed by atoms with E-state index in [1.54, 1.807) is 7.11 Å². The third kappa shape index (κ3) is 3.98. The molecule has 0 aliphatic heterocycles. The Morgan fingerprint density at radius 3 is 2.50 bits per heavy atom. The molecule has 0 fully saturated rings. The van der Waals surface area contributed by atoms with Gasteiger partial charge in [0.1, 0.15) is 11.6 Å². The average molecular weight is 270 g/mol. The SMILES string of the molecule is COc1cccc(-c2ccc(NCC(C)(C)C)nc2)c1. The Morgan fingerprint density at radius 1 is 1.10 bits per heavy atom. The Morgan fingerprint density at radius 2 is 1.90 bits per heavy atom. The zero-order valence-electron chi connectivity index (χ0n) is 12.6. The number of nitrogens with one attached hydrogen (secondary N) is 1. The van der Waals surface area contributed by atoms with Gasteiger partial charge in [-0.3, -0.25) is 0 Å². The predicted octanol–water partition coefficient (Wildman–Crippen LogP) is 4.22. The van der Waals surface area contributed by atoms with E-state index in [2.05, 4.69) is 43.2 Å². The molecule has 0 amide bonds. The molecule has 1 aromatic heterocycles. The molecule has 0 aliphatic rings. The number of benzene rings is 1. The molecule has 0 bridgehead atoms. The Hall–Kier alpha value is -2.03. The first-order valence-electron chi connectivity index (χ1n) is 6.82. The lowest BCUT2D eigenvalue weighted by molar-refractivity contribution is 0.415. The molecule has 0 unspecified atom stereocenters. The first kappa shape index (κ1) is 14.4. The third-order valence-corrected chi connectivity index (χ3v) is 2.97. The van der Waals surface area contributed by atoms with Crippen molar-refractivity contribution in [2.75, 3.05) is 19.0 Å². The number of aromatic nitrogens is 1. The molecule has 0 spiro atoms. The predicted molar refractivity (Wildman–Crippen MR) is 84.2 cm³/mol. The summed E-state index contributed by atoms with van der Waals surface area (Å²) in [6, 6.07) is 12.1. The highest BCUT2D eigenvalue weighted by atomic mass is 16.5. The quantitative estimate of drug-likeness (QED) is 0.903. The summed E-state index contributed by atoms with van der Waals surface area (Å²) < 4.78 is 5.24. The van der Waals surface area contributed by atoms with Crippen molar-refractivity contribution in [2.24, 2.45) is 5.41 Å². The van der Waals surface area contributed by atoms with E-state index in [1.807, 2.05) is 30.5 Å². The maximum atomic E-state index is 5.24. The van der Waals surface area contributed by atoms with Crippen LogP contribution in [0.3, 0.4) is 0 Å². The van der Waals surface area contributed by atoms with Crippen LogP contribution in [0.5, 0.6) is 5.75 Å². The molecule has 1 heterocycles. The minimum absolute atomic E-state index is 0.243. The summed E-state index contributed by atoms with van der Waals surface area (Å²) in [6.07, 6.45) is 1.89. The zero-order valence-corrected chi connectivity index (χ0v) is 12.6. The van der Waals surface area contributed by atoms with Crippen LogP contribution in [0.2, 0.25) is 0 Å². The first-order valence-corrected chi connectivity index (χ1v) is 6.82. The van der Waals surface area contributed by atoms with Gasteiger partial charge < -0.3 is 10.1 Å². The van der Waals surface area contributed by atoms with E-state index in [4.69, 9.17) is 4.74 Å². The van der Waals surface area contributed by atoms with E-state index in [0.29, 0.717) is 0 Å². The van der Waals surface area contributed by atoms with E-state index in [9.17, 15) is 0 Å². The van der Waals surface area contributed by atoms with Gasteiger partial charge in [-0.2, -0.15) is 0 Å². The topological polar surface area (TPSA) is 34.1 Å². The molecule has 0 atom stereocenters. The van der Waals surface area contributed by atoms with Gasteiger partial charge in [-0.05, 0) is 35.2 Å². The molecule has 2 rings (SSSR count). The summed E-state index contributed by atoms with van der Waals surface area (Å²) in [6.45, 7) is 7.50. The number of hydrogen-bond donors (Lipinski definition) is 1. The summed E-state index contributed by atoms with van der Waals surface area (Å²) in [5.41, 5.74) is 2.44. The molecule has 1 aromatic carbocycles. The number of anilines is 1. The van der Waals surface area contributed by atoms with Crippen LogP contribution in [0.1, 0.15) is 20.8 Å². The number of hydrogen-bond acceptors (Lipinski definition) is 3. The van der Waals surface area contributed by atoms with Gasteiger partial charge in [-0.1, -0.05) is 32.9 Å². The summed E-state index contributed by atoms with van der Waals surface area (Å²) in [7, 11) is 1.68. The lowest BCUT2D eigenvalue weighted by atomic mass is 9.97. The van der Waals surface area contributed by atoms with Gasteiger partial charge in [-0.25, -0.2) is 4.98 Å². The summed E-state index contributed by atoms with van der Waals surface area (Å²) in [5, 5.41) is 3.35. The van der Waals surface area contributed by atoms with E-state index >= 15 is 0 Å². The Kier molecular flexibility index (Phi) is 4.28. The second-order valence-electron chi connectivity index (χ2n) is 6.08. The third-order valence-electron chi connectivity index (χ3n) is 2.97. The van der Waals surface area contributed by atoms with Gasteiger partial charge in [0, 0.05) is 18.3 Å². The molecule has 0 saturated heterocycles. The number of nitrogens with zero attached hydrogens (tertiary/aromatic N) is 1. The summed E-state index contributed by atoms with van der Waals surface area (Å²) in [4.78, 5) is 4.46. The smallest absolute Gasteiger partial charge is 0.125 e. The van der Waals surface area contributed by atoms with Crippen LogP contribution in [-0.2, 0) is 0 Å². The first-order chi connectivity index (χ1) is 9.48. The van der Waals surface area contributed by atoms with Gasteiger partial charge in [0.25, 0.3) is 0 Å². The molecule has 106 valence electrons. The second kappa shape index (κ2) is 5.95. The fraction of sp³-hybridized carbons (Fsp3) is 0.353. The molecule has 0 radical (unpaired) electrons. The minimum atomic E-state index is 0.243. The largest absolute Gasteiger partial charge is 0.497 e.